The highest BCUT2D eigenvalue weighted by atomic mass is 127. The summed E-state index contributed by atoms with van der Waals surface area (Å²) in [5, 5.41) is 6.53. The lowest BCUT2D eigenvalue weighted by Crippen LogP contribution is -2.43. The van der Waals surface area contributed by atoms with Crippen LogP contribution in [0.5, 0.6) is 0 Å². The van der Waals surface area contributed by atoms with Gasteiger partial charge in [0.2, 0.25) is 5.91 Å². The Morgan fingerprint density at radius 3 is 2.54 bits per heavy atom. The van der Waals surface area contributed by atoms with Crippen molar-refractivity contribution >= 4 is 35.8 Å². The molecule has 1 aromatic rings. The zero-order chi connectivity index (χ0) is 19.6. The van der Waals surface area contributed by atoms with Crippen molar-refractivity contribution in [2.75, 3.05) is 46.8 Å². The van der Waals surface area contributed by atoms with Crippen LogP contribution < -0.4 is 10.6 Å². The monoisotopic (exact) mass is 505 g/mol. The topological polar surface area (TPSA) is 60.0 Å². The average Bonchev–Trinajstić information content (AvgIpc) is 2.66. The van der Waals surface area contributed by atoms with Gasteiger partial charge < -0.3 is 15.5 Å². The first-order chi connectivity index (χ1) is 13.0. The van der Waals surface area contributed by atoms with Crippen LogP contribution in [0.3, 0.4) is 0 Å². The summed E-state index contributed by atoms with van der Waals surface area (Å²) < 4.78 is 13.8. The number of carbonyl (C=O) groups excluding carboxylic acids is 1. The smallest absolute Gasteiger partial charge is 0.243 e. The first-order valence-corrected chi connectivity index (χ1v) is 9.67. The van der Waals surface area contributed by atoms with Crippen molar-refractivity contribution in [2.24, 2.45) is 10.9 Å². The summed E-state index contributed by atoms with van der Waals surface area (Å²) in [5.41, 5.74) is 0.765. The third-order valence-corrected chi connectivity index (χ3v) is 4.83. The molecule has 1 aromatic carbocycles. The van der Waals surface area contributed by atoms with E-state index in [1.165, 1.54) is 6.07 Å². The Bertz CT molecular complexity index is 633. The van der Waals surface area contributed by atoms with Crippen LogP contribution in [0.4, 0.5) is 4.39 Å². The van der Waals surface area contributed by atoms with Gasteiger partial charge in [0.1, 0.15) is 12.4 Å². The van der Waals surface area contributed by atoms with Gasteiger partial charge in [0.05, 0.1) is 0 Å². The molecule has 0 unspecified atom stereocenters. The predicted octanol–water partition coefficient (Wildman–Crippen LogP) is 2.30. The first kappa shape index (κ1) is 24.6. The number of nitrogens with zero attached hydrogens (tertiary/aromatic N) is 3. The highest BCUT2D eigenvalue weighted by Gasteiger charge is 2.20. The summed E-state index contributed by atoms with van der Waals surface area (Å²) in [5.74, 6) is 1.09. The van der Waals surface area contributed by atoms with Gasteiger partial charge in [-0.3, -0.25) is 9.69 Å². The van der Waals surface area contributed by atoms with Gasteiger partial charge in [0.15, 0.2) is 5.96 Å². The first-order valence-electron chi connectivity index (χ1n) is 9.67. The van der Waals surface area contributed by atoms with Gasteiger partial charge >= 0.3 is 0 Å². The summed E-state index contributed by atoms with van der Waals surface area (Å²) in [6.07, 6.45) is 2.13. The Labute approximate surface area is 185 Å². The Kier molecular flexibility index (Phi) is 11.4. The molecule has 0 spiro atoms. The quantitative estimate of drug-likeness (QED) is 0.339. The van der Waals surface area contributed by atoms with Crippen LogP contribution in [-0.4, -0.2) is 68.5 Å². The van der Waals surface area contributed by atoms with Gasteiger partial charge in [0.25, 0.3) is 0 Å². The largest absolute Gasteiger partial charge is 0.357 e. The average molecular weight is 505 g/mol. The Hall–Kier alpha value is -1.42. The molecule has 0 bridgehead atoms. The second-order valence-corrected chi connectivity index (χ2v) is 7.18. The number of hydrogen-bond acceptors (Lipinski definition) is 3. The maximum Gasteiger partial charge on any atom is 0.243 e. The Morgan fingerprint density at radius 1 is 1.25 bits per heavy atom. The van der Waals surface area contributed by atoms with E-state index in [4.69, 9.17) is 0 Å². The molecular weight excluding hydrogens is 472 g/mol. The number of aliphatic imine (C=N–C) groups is 1. The van der Waals surface area contributed by atoms with Gasteiger partial charge in [-0.1, -0.05) is 18.2 Å². The lowest BCUT2D eigenvalue weighted by molar-refractivity contribution is -0.127. The predicted molar refractivity (Wildman–Crippen MR) is 122 cm³/mol. The molecule has 2 rings (SSSR count). The number of benzene rings is 1. The van der Waals surface area contributed by atoms with Crippen LogP contribution in [0, 0.1) is 11.7 Å². The van der Waals surface area contributed by atoms with Crippen LogP contribution >= 0.6 is 24.0 Å². The van der Waals surface area contributed by atoms with Gasteiger partial charge in [-0.2, -0.15) is 0 Å². The second-order valence-electron chi connectivity index (χ2n) is 7.18. The molecule has 1 heterocycles. The molecule has 0 saturated carbocycles. The van der Waals surface area contributed by atoms with Crippen LogP contribution in [0.1, 0.15) is 25.3 Å². The second kappa shape index (κ2) is 12.9. The van der Waals surface area contributed by atoms with Crippen molar-refractivity contribution < 1.29 is 9.18 Å². The fraction of sp³-hybridized carbons (Fsp3) is 0.600. The van der Waals surface area contributed by atoms with Crippen molar-refractivity contribution in [2.45, 2.75) is 26.3 Å². The van der Waals surface area contributed by atoms with Crippen molar-refractivity contribution in [3.05, 3.63) is 35.6 Å². The van der Waals surface area contributed by atoms with Crippen LogP contribution in [0.2, 0.25) is 0 Å². The molecule has 1 aliphatic heterocycles. The van der Waals surface area contributed by atoms with E-state index in [1.807, 2.05) is 19.1 Å². The Morgan fingerprint density at radius 2 is 1.93 bits per heavy atom. The van der Waals surface area contributed by atoms with Gasteiger partial charge in [0, 0.05) is 39.3 Å². The van der Waals surface area contributed by atoms with E-state index in [0.717, 1.165) is 44.6 Å². The minimum absolute atomic E-state index is 0. The molecule has 1 saturated heterocycles. The molecule has 6 nitrogen and oxygen atoms in total. The SMILES string of the molecule is CCNC(=NCC(=O)N(C)C)NCC1CCN(Cc2ccccc2F)CC1.I. The molecule has 1 fully saturated rings. The highest BCUT2D eigenvalue weighted by molar-refractivity contribution is 14.0. The van der Waals surface area contributed by atoms with E-state index in [2.05, 4.69) is 20.5 Å². The number of amides is 1. The van der Waals surface area contributed by atoms with Gasteiger partial charge in [-0.05, 0) is 44.8 Å². The molecular formula is C20H33FIN5O. The van der Waals surface area contributed by atoms with Crippen LogP contribution in [0.25, 0.3) is 0 Å². The van der Waals surface area contributed by atoms with Crippen molar-refractivity contribution in [1.29, 1.82) is 0 Å². The van der Waals surface area contributed by atoms with Crippen molar-refractivity contribution in [3.8, 4) is 0 Å². The van der Waals surface area contributed by atoms with Crippen LogP contribution in [-0.2, 0) is 11.3 Å². The van der Waals surface area contributed by atoms with Gasteiger partial charge in [-0.15, -0.1) is 24.0 Å². The fourth-order valence-corrected chi connectivity index (χ4v) is 3.09. The van der Waals surface area contributed by atoms with E-state index in [-0.39, 0.29) is 42.2 Å². The highest BCUT2D eigenvalue weighted by Crippen LogP contribution is 2.19. The number of carbonyl (C=O) groups is 1. The lowest BCUT2D eigenvalue weighted by Gasteiger charge is -2.32. The Balaban J connectivity index is 0.00000392. The maximum absolute atomic E-state index is 13.8. The zero-order valence-corrected chi connectivity index (χ0v) is 19.4. The van der Waals surface area contributed by atoms with E-state index in [9.17, 15) is 9.18 Å². The molecule has 1 amide bonds. The lowest BCUT2D eigenvalue weighted by atomic mass is 9.96. The number of nitrogens with one attached hydrogen (secondary N) is 2. The fourth-order valence-electron chi connectivity index (χ4n) is 3.09. The number of guanidine groups is 1. The molecule has 0 atom stereocenters. The molecule has 0 radical (unpaired) electrons. The number of halogens is 2. The molecule has 0 aliphatic carbocycles. The van der Waals surface area contributed by atoms with E-state index >= 15 is 0 Å². The molecule has 1 aliphatic rings. The van der Waals surface area contributed by atoms with E-state index in [0.29, 0.717) is 18.4 Å². The number of hydrogen-bond donors (Lipinski definition) is 2. The van der Waals surface area contributed by atoms with E-state index < -0.39 is 0 Å². The summed E-state index contributed by atoms with van der Waals surface area (Å²) in [6, 6.07) is 7.00. The van der Waals surface area contributed by atoms with E-state index in [1.54, 1.807) is 25.1 Å². The summed E-state index contributed by atoms with van der Waals surface area (Å²) in [6.45, 7) is 6.33. The normalized spacial score (nSPS) is 15.6. The number of likely N-dealkylation sites (tertiary alicyclic amines) is 1. The summed E-state index contributed by atoms with van der Waals surface area (Å²) >= 11 is 0. The third-order valence-electron chi connectivity index (χ3n) is 4.83. The van der Waals surface area contributed by atoms with Gasteiger partial charge in [-0.25, -0.2) is 9.38 Å². The minimum Gasteiger partial charge on any atom is -0.357 e. The number of piperidine rings is 1. The molecule has 28 heavy (non-hydrogen) atoms. The van der Waals surface area contributed by atoms with Crippen molar-refractivity contribution in [1.82, 2.24) is 20.4 Å². The molecule has 0 aromatic heterocycles. The maximum atomic E-state index is 13.8. The van der Waals surface area contributed by atoms with Crippen LogP contribution in [0.15, 0.2) is 29.3 Å². The zero-order valence-electron chi connectivity index (χ0n) is 17.1. The standard InChI is InChI=1S/C20H32FN5O.HI/c1-4-22-20(24-14-19(27)25(2)3)23-13-16-9-11-26(12-10-16)15-17-7-5-6-8-18(17)21;/h5-8,16H,4,9-15H2,1-3H3,(H2,22,23,24);1H. The number of rotatable bonds is 7. The van der Waals surface area contributed by atoms with Crippen molar-refractivity contribution in [3.63, 3.8) is 0 Å². The molecule has 158 valence electrons. The third kappa shape index (κ3) is 8.30. The summed E-state index contributed by atoms with van der Waals surface area (Å²) in [4.78, 5) is 19.9. The minimum atomic E-state index is -0.125. The summed E-state index contributed by atoms with van der Waals surface area (Å²) in [7, 11) is 3.46. The molecule has 8 heteroatoms. The number of likely N-dealkylation sites (N-methyl/N-ethyl adjacent to an activating group) is 1. The molecule has 2 N–H and O–H groups in total.